The Morgan fingerprint density at radius 2 is 1.16 bits per heavy atom. The predicted octanol–water partition coefficient (Wildman–Crippen LogP) is 10.8. The van der Waals surface area contributed by atoms with Crippen molar-refractivity contribution in [3.8, 4) is 56.5 Å². The lowest BCUT2D eigenvalue weighted by molar-refractivity contribution is 0.637. The molecular weight excluding hydrogens is 601 g/mol. The number of fused-ring (bicyclic) bond motifs is 9. The molecule has 0 unspecified atom stereocenters. The van der Waals surface area contributed by atoms with E-state index < -0.39 is 0 Å². The lowest BCUT2D eigenvalue weighted by Crippen LogP contribution is -2.17. The van der Waals surface area contributed by atoms with Gasteiger partial charge in [-0.25, -0.2) is 19.9 Å². The van der Waals surface area contributed by atoms with E-state index in [-0.39, 0.29) is 10.8 Å². The highest BCUT2D eigenvalue weighted by Gasteiger charge is 2.39. The van der Waals surface area contributed by atoms with Gasteiger partial charge < -0.3 is 4.42 Å². The molecule has 2 aliphatic carbocycles. The number of pyridine rings is 1. The zero-order valence-corrected chi connectivity index (χ0v) is 27.7. The molecule has 234 valence electrons. The molecule has 10 rings (SSSR count). The first-order valence-corrected chi connectivity index (χ1v) is 16.8. The molecule has 0 aliphatic heterocycles. The highest BCUT2D eigenvalue weighted by molar-refractivity contribution is 6.08. The fourth-order valence-corrected chi connectivity index (χ4v) is 8.19. The third-order valence-corrected chi connectivity index (χ3v) is 10.7. The Hall–Kier alpha value is -5.94. The largest absolute Gasteiger partial charge is 0.456 e. The van der Waals surface area contributed by atoms with Crippen LogP contribution in [0, 0.1) is 0 Å². The molecular formula is C44H32N4O. The Labute approximate surface area is 284 Å². The molecule has 0 radical (unpaired) electrons. The number of hydrogen-bond acceptors (Lipinski definition) is 5. The second-order valence-corrected chi connectivity index (χ2v) is 14.3. The second kappa shape index (κ2) is 9.80. The molecule has 0 atom stereocenters. The molecule has 0 bridgehead atoms. The Bertz CT molecular complexity index is 2670. The van der Waals surface area contributed by atoms with Gasteiger partial charge in [-0.3, -0.25) is 0 Å². The number of aromatic nitrogens is 4. The first-order chi connectivity index (χ1) is 23.8. The normalized spacial score (nSPS) is 14.9. The zero-order valence-electron chi connectivity index (χ0n) is 27.7. The summed E-state index contributed by atoms with van der Waals surface area (Å²) >= 11 is 0. The van der Waals surface area contributed by atoms with Crippen LogP contribution in [0.2, 0.25) is 0 Å². The van der Waals surface area contributed by atoms with E-state index in [0.29, 0.717) is 17.5 Å². The molecule has 2 aliphatic rings. The highest BCUT2D eigenvalue weighted by atomic mass is 16.3. The first-order valence-electron chi connectivity index (χ1n) is 16.8. The molecule has 5 aromatic carbocycles. The van der Waals surface area contributed by atoms with E-state index in [0.717, 1.165) is 55.6 Å². The summed E-state index contributed by atoms with van der Waals surface area (Å²) in [4.78, 5) is 20.7. The third-order valence-electron chi connectivity index (χ3n) is 10.7. The fourth-order valence-electron chi connectivity index (χ4n) is 8.19. The number of para-hydroxylation sites is 1. The first kappa shape index (κ1) is 28.1. The molecule has 0 saturated carbocycles. The molecule has 0 N–H and O–H groups in total. The number of nitrogens with zero attached hydrogens (tertiary/aromatic N) is 4. The Kier molecular flexibility index (Phi) is 5.62. The molecule has 0 amide bonds. The molecule has 0 spiro atoms. The smallest absolute Gasteiger partial charge is 0.182 e. The van der Waals surface area contributed by atoms with Crippen molar-refractivity contribution in [2.45, 2.75) is 38.5 Å². The van der Waals surface area contributed by atoms with Gasteiger partial charge in [-0.2, -0.15) is 0 Å². The van der Waals surface area contributed by atoms with E-state index >= 15 is 0 Å². The number of furan rings is 1. The maximum absolute atomic E-state index is 6.39. The summed E-state index contributed by atoms with van der Waals surface area (Å²) in [6.45, 7) is 9.10. The average Bonchev–Trinajstić information content (AvgIpc) is 3.70. The quantitative estimate of drug-likeness (QED) is 0.194. The van der Waals surface area contributed by atoms with Crippen molar-refractivity contribution in [2.75, 3.05) is 0 Å². The lowest BCUT2D eigenvalue weighted by atomic mass is 9.82. The van der Waals surface area contributed by atoms with Crippen molar-refractivity contribution < 1.29 is 4.42 Å². The van der Waals surface area contributed by atoms with Crippen molar-refractivity contribution in [2.24, 2.45) is 0 Å². The topological polar surface area (TPSA) is 64.7 Å². The van der Waals surface area contributed by atoms with Crippen LogP contribution in [0.15, 0.2) is 126 Å². The van der Waals surface area contributed by atoms with Gasteiger partial charge in [-0.1, -0.05) is 125 Å². The summed E-state index contributed by atoms with van der Waals surface area (Å²) in [5.74, 6) is 1.80. The molecule has 5 heteroatoms. The summed E-state index contributed by atoms with van der Waals surface area (Å²) < 4.78 is 6.39. The Morgan fingerprint density at radius 1 is 0.449 bits per heavy atom. The second-order valence-electron chi connectivity index (χ2n) is 14.3. The van der Waals surface area contributed by atoms with Gasteiger partial charge in [-0.15, -0.1) is 0 Å². The number of hydrogen-bond donors (Lipinski definition) is 0. The van der Waals surface area contributed by atoms with Crippen molar-refractivity contribution in [1.29, 1.82) is 0 Å². The molecule has 5 nitrogen and oxygen atoms in total. The summed E-state index contributed by atoms with van der Waals surface area (Å²) in [6, 6.07) is 42.3. The highest BCUT2D eigenvalue weighted by Crippen LogP contribution is 2.54. The van der Waals surface area contributed by atoms with Crippen LogP contribution in [0.25, 0.3) is 78.5 Å². The summed E-state index contributed by atoms with van der Waals surface area (Å²) in [6.07, 6.45) is 0. The van der Waals surface area contributed by atoms with E-state index in [1.165, 1.54) is 27.8 Å². The SMILES string of the molecule is CC1(C)c2cc3c(cc2-c2c(-c4nc(-c5ccccc5)nc(-c5ccc6c(n5)C(C)(C)c5ccccc5-6)n4)cccc21)oc1ccccc13. The van der Waals surface area contributed by atoms with Gasteiger partial charge in [0.25, 0.3) is 0 Å². The van der Waals surface area contributed by atoms with Crippen molar-refractivity contribution >= 4 is 21.9 Å². The van der Waals surface area contributed by atoms with Crippen LogP contribution in [0.4, 0.5) is 0 Å². The van der Waals surface area contributed by atoms with Crippen LogP contribution in [-0.4, -0.2) is 19.9 Å². The standard InChI is InChI=1S/C44H32N4O/c1-43(2)33-19-12-17-29(38(33)31-24-37-30(23-34(31)43)27-16-9-11-20-36(27)49-37)41-46-40(25-13-6-5-7-14-25)47-42(48-41)35-22-21-28-26-15-8-10-18-32(26)44(3,4)39(28)45-35/h5-24H,1-4H3. The van der Waals surface area contributed by atoms with Crippen LogP contribution in [0.5, 0.6) is 0 Å². The maximum Gasteiger partial charge on any atom is 0.182 e. The van der Waals surface area contributed by atoms with Gasteiger partial charge in [0.1, 0.15) is 16.9 Å². The van der Waals surface area contributed by atoms with Crippen molar-refractivity contribution in [1.82, 2.24) is 19.9 Å². The Morgan fingerprint density at radius 3 is 2.04 bits per heavy atom. The van der Waals surface area contributed by atoms with Crippen molar-refractivity contribution in [3.05, 3.63) is 144 Å². The van der Waals surface area contributed by atoms with Crippen LogP contribution >= 0.6 is 0 Å². The van der Waals surface area contributed by atoms with E-state index in [1.807, 2.05) is 42.5 Å². The summed E-state index contributed by atoms with van der Waals surface area (Å²) in [5.41, 5.74) is 13.5. The molecule has 8 aromatic rings. The van der Waals surface area contributed by atoms with Crippen LogP contribution in [-0.2, 0) is 10.8 Å². The summed E-state index contributed by atoms with van der Waals surface area (Å²) in [5, 5.41) is 2.27. The molecule has 3 aromatic heterocycles. The van der Waals surface area contributed by atoms with E-state index in [2.05, 4.69) is 107 Å². The maximum atomic E-state index is 6.39. The van der Waals surface area contributed by atoms with Crippen LogP contribution in [0.1, 0.15) is 50.1 Å². The van der Waals surface area contributed by atoms with Crippen molar-refractivity contribution in [3.63, 3.8) is 0 Å². The predicted molar refractivity (Wildman–Crippen MR) is 196 cm³/mol. The minimum absolute atomic E-state index is 0.229. The fraction of sp³-hybridized carbons (Fsp3) is 0.136. The summed E-state index contributed by atoms with van der Waals surface area (Å²) in [7, 11) is 0. The minimum Gasteiger partial charge on any atom is -0.456 e. The van der Waals surface area contributed by atoms with E-state index in [9.17, 15) is 0 Å². The third kappa shape index (κ3) is 3.93. The van der Waals surface area contributed by atoms with Gasteiger partial charge in [0.05, 0.1) is 5.69 Å². The van der Waals surface area contributed by atoms with E-state index in [4.69, 9.17) is 24.4 Å². The minimum atomic E-state index is -0.238. The average molecular weight is 633 g/mol. The molecule has 3 heterocycles. The lowest BCUT2D eigenvalue weighted by Gasteiger charge is -2.21. The van der Waals surface area contributed by atoms with Gasteiger partial charge in [0.2, 0.25) is 0 Å². The number of benzene rings is 5. The van der Waals surface area contributed by atoms with Gasteiger partial charge in [0.15, 0.2) is 17.5 Å². The van der Waals surface area contributed by atoms with Gasteiger partial charge in [-0.05, 0) is 57.6 Å². The molecule has 0 fully saturated rings. The van der Waals surface area contributed by atoms with Crippen LogP contribution < -0.4 is 0 Å². The van der Waals surface area contributed by atoms with Gasteiger partial charge in [0, 0.05) is 38.3 Å². The molecule has 0 saturated heterocycles. The number of rotatable bonds is 3. The molecule has 49 heavy (non-hydrogen) atoms. The zero-order chi connectivity index (χ0) is 33.1. The van der Waals surface area contributed by atoms with E-state index in [1.54, 1.807) is 0 Å². The monoisotopic (exact) mass is 632 g/mol. The Balaban J connectivity index is 1.20. The van der Waals surface area contributed by atoms with Gasteiger partial charge >= 0.3 is 0 Å². The van der Waals surface area contributed by atoms with Crippen LogP contribution in [0.3, 0.4) is 0 Å².